The van der Waals surface area contributed by atoms with Gasteiger partial charge in [0.2, 0.25) is 6.41 Å². The largest absolute Gasteiger partial charge is 0.379 e. The van der Waals surface area contributed by atoms with Gasteiger partial charge in [-0.3, -0.25) is 4.79 Å². The summed E-state index contributed by atoms with van der Waals surface area (Å²) in [4.78, 5) is 9.88. The van der Waals surface area contributed by atoms with Gasteiger partial charge in [-0.15, -0.1) is 0 Å². The van der Waals surface area contributed by atoms with Crippen molar-refractivity contribution in [1.29, 1.82) is 0 Å². The van der Waals surface area contributed by atoms with Crippen LogP contribution in [0.5, 0.6) is 0 Å². The summed E-state index contributed by atoms with van der Waals surface area (Å²) in [5.41, 5.74) is 0. The van der Waals surface area contributed by atoms with Crippen LogP contribution in [0.4, 0.5) is 0 Å². The van der Waals surface area contributed by atoms with Crippen molar-refractivity contribution in [1.82, 2.24) is 5.32 Å². The molecule has 0 fully saturated rings. The van der Waals surface area contributed by atoms with E-state index in [1.165, 1.54) is 0 Å². The summed E-state index contributed by atoms with van der Waals surface area (Å²) in [7, 11) is 0. The molecule has 1 amide bonds. The third-order valence-corrected chi connectivity index (χ3v) is 1.86. The van der Waals surface area contributed by atoms with Gasteiger partial charge < -0.3 is 19.5 Å². The lowest BCUT2D eigenvalue weighted by molar-refractivity contribution is -0.109. The van der Waals surface area contributed by atoms with Gasteiger partial charge in [-0.2, -0.15) is 0 Å². The van der Waals surface area contributed by atoms with E-state index in [9.17, 15) is 4.79 Å². The molecule has 1 N–H and O–H groups in total. The van der Waals surface area contributed by atoms with Crippen LogP contribution in [0.2, 0.25) is 0 Å². The summed E-state index contributed by atoms with van der Waals surface area (Å²) in [6.45, 7) is 12.9. The Morgan fingerprint density at radius 2 is 1.35 bits per heavy atom. The van der Waals surface area contributed by atoms with Crippen LogP contribution in [-0.4, -0.2) is 52.6 Å². The first kappa shape index (κ1) is 21.6. The minimum atomic E-state index is 0.523. The molecule has 0 spiro atoms. The number of hydrogen-bond donors (Lipinski definition) is 1. The van der Waals surface area contributed by atoms with Gasteiger partial charge in [0.15, 0.2) is 0 Å². The van der Waals surface area contributed by atoms with Gasteiger partial charge >= 0.3 is 0 Å². The number of ether oxygens (including phenoxy) is 3. The Morgan fingerprint density at radius 3 is 1.80 bits per heavy atom. The molecule has 0 aromatic heterocycles. The molecule has 0 aromatic rings. The zero-order chi connectivity index (χ0) is 15.5. The number of carbonyl (C=O) groups is 1. The fourth-order valence-corrected chi connectivity index (χ4v) is 0.978. The summed E-state index contributed by atoms with van der Waals surface area (Å²) >= 11 is 0. The van der Waals surface area contributed by atoms with Gasteiger partial charge in [-0.1, -0.05) is 34.1 Å². The van der Waals surface area contributed by atoms with Gasteiger partial charge in [0.1, 0.15) is 0 Å². The number of unbranched alkanes of at least 4 members (excludes halogenated alkanes) is 1. The van der Waals surface area contributed by atoms with Crippen molar-refractivity contribution in [3.8, 4) is 0 Å². The van der Waals surface area contributed by atoms with E-state index >= 15 is 0 Å². The van der Waals surface area contributed by atoms with Crippen LogP contribution in [0.3, 0.4) is 0 Å². The molecular formula is C15H33NO4. The van der Waals surface area contributed by atoms with Crippen molar-refractivity contribution in [2.75, 3.05) is 46.2 Å². The van der Waals surface area contributed by atoms with E-state index < -0.39 is 0 Å². The molecule has 0 aromatic carbocycles. The zero-order valence-corrected chi connectivity index (χ0v) is 13.7. The van der Waals surface area contributed by atoms with E-state index in [0.29, 0.717) is 46.0 Å². The molecule has 0 atom stereocenters. The molecule has 122 valence electrons. The molecule has 0 aliphatic heterocycles. The van der Waals surface area contributed by atoms with Crippen molar-refractivity contribution in [2.24, 2.45) is 5.92 Å². The molecule has 0 bridgehead atoms. The Labute approximate surface area is 124 Å². The van der Waals surface area contributed by atoms with Crippen LogP contribution in [0, 0.1) is 5.92 Å². The van der Waals surface area contributed by atoms with Gasteiger partial charge in [0.05, 0.1) is 33.0 Å². The summed E-state index contributed by atoms with van der Waals surface area (Å²) < 4.78 is 15.8. The molecule has 0 saturated heterocycles. The molecule has 0 rings (SSSR count). The second-order valence-electron chi connectivity index (χ2n) is 4.99. The van der Waals surface area contributed by atoms with E-state index in [1.807, 2.05) is 0 Å². The molecule has 20 heavy (non-hydrogen) atoms. The number of rotatable bonds is 13. The van der Waals surface area contributed by atoms with E-state index in [4.69, 9.17) is 14.2 Å². The molecule has 0 radical (unpaired) electrons. The van der Waals surface area contributed by atoms with Crippen molar-refractivity contribution in [3.05, 3.63) is 0 Å². The molecule has 0 aliphatic rings. The Hall–Kier alpha value is -0.650. The van der Waals surface area contributed by atoms with Gasteiger partial charge in [-0.25, -0.2) is 0 Å². The first-order valence-electron chi connectivity index (χ1n) is 7.55. The highest BCUT2D eigenvalue weighted by Gasteiger charge is 1.91. The van der Waals surface area contributed by atoms with E-state index in [1.54, 1.807) is 0 Å². The Bertz CT molecular complexity index is 175. The highest BCUT2D eigenvalue weighted by Crippen LogP contribution is 1.87. The Kier molecular flexibility index (Phi) is 22.4. The molecule has 0 saturated carbocycles. The topological polar surface area (TPSA) is 56.8 Å². The standard InChI is InChI=1S/C11H23NO4.C4H10/c1-2-3-5-14-7-9-16-10-8-15-6-4-12-11-13;1-4(2)3/h11H,2-10H2,1H3,(H,12,13);4H,1-3H3. The maximum atomic E-state index is 9.88. The van der Waals surface area contributed by atoms with Gasteiger partial charge in [0, 0.05) is 13.2 Å². The first-order chi connectivity index (χ1) is 9.65. The molecule has 0 heterocycles. The number of hydrogen-bond acceptors (Lipinski definition) is 4. The van der Waals surface area contributed by atoms with Crippen LogP contribution >= 0.6 is 0 Å². The maximum absolute atomic E-state index is 9.88. The fraction of sp³-hybridized carbons (Fsp3) is 0.933. The summed E-state index contributed by atoms with van der Waals surface area (Å²) in [5, 5.41) is 2.51. The van der Waals surface area contributed by atoms with Crippen LogP contribution < -0.4 is 5.32 Å². The van der Waals surface area contributed by atoms with Crippen LogP contribution in [0.1, 0.15) is 40.5 Å². The lowest BCUT2D eigenvalue weighted by Crippen LogP contribution is -2.19. The zero-order valence-electron chi connectivity index (χ0n) is 13.7. The first-order valence-corrected chi connectivity index (χ1v) is 7.55. The van der Waals surface area contributed by atoms with Gasteiger partial charge in [-0.05, 0) is 12.3 Å². The Balaban J connectivity index is 0. The van der Waals surface area contributed by atoms with E-state index in [2.05, 4.69) is 33.0 Å². The third kappa shape index (κ3) is 30.4. The summed E-state index contributed by atoms with van der Waals surface area (Å²) in [5.74, 6) is 0.833. The molecular weight excluding hydrogens is 258 g/mol. The van der Waals surface area contributed by atoms with Crippen molar-refractivity contribution < 1.29 is 19.0 Å². The van der Waals surface area contributed by atoms with Gasteiger partial charge in [0.25, 0.3) is 0 Å². The highest BCUT2D eigenvalue weighted by molar-refractivity contribution is 5.45. The molecule has 5 nitrogen and oxygen atoms in total. The van der Waals surface area contributed by atoms with Crippen molar-refractivity contribution >= 4 is 6.41 Å². The number of carbonyl (C=O) groups excluding carboxylic acids is 1. The van der Waals surface area contributed by atoms with Crippen molar-refractivity contribution in [3.63, 3.8) is 0 Å². The smallest absolute Gasteiger partial charge is 0.207 e. The second kappa shape index (κ2) is 20.7. The lowest BCUT2D eigenvalue weighted by atomic mass is 10.3. The summed E-state index contributed by atoms with van der Waals surface area (Å²) in [6.07, 6.45) is 2.92. The third-order valence-electron chi connectivity index (χ3n) is 1.86. The summed E-state index contributed by atoms with van der Waals surface area (Å²) in [6, 6.07) is 0. The monoisotopic (exact) mass is 291 g/mol. The molecule has 0 unspecified atom stereocenters. The molecule has 5 heteroatoms. The Morgan fingerprint density at radius 1 is 0.900 bits per heavy atom. The highest BCUT2D eigenvalue weighted by atomic mass is 16.5. The predicted octanol–water partition coefficient (Wildman–Crippen LogP) is 2.24. The average molecular weight is 291 g/mol. The number of amides is 1. The average Bonchev–Trinajstić information content (AvgIpc) is 2.39. The fourth-order valence-electron chi connectivity index (χ4n) is 0.978. The minimum absolute atomic E-state index is 0.523. The second-order valence-corrected chi connectivity index (χ2v) is 4.99. The number of nitrogens with one attached hydrogen (secondary N) is 1. The predicted molar refractivity (Wildman–Crippen MR) is 81.9 cm³/mol. The maximum Gasteiger partial charge on any atom is 0.207 e. The lowest BCUT2D eigenvalue weighted by Gasteiger charge is -2.06. The van der Waals surface area contributed by atoms with Crippen molar-refractivity contribution in [2.45, 2.75) is 40.5 Å². The SMILES string of the molecule is CC(C)C.CCCCOCCOCCOCCNC=O. The quantitative estimate of drug-likeness (QED) is 0.418. The van der Waals surface area contributed by atoms with E-state index in [-0.39, 0.29) is 0 Å². The normalized spacial score (nSPS) is 10.1. The van der Waals surface area contributed by atoms with Crippen LogP contribution in [0.25, 0.3) is 0 Å². The van der Waals surface area contributed by atoms with E-state index in [0.717, 1.165) is 25.4 Å². The molecule has 0 aliphatic carbocycles. The van der Waals surface area contributed by atoms with Crippen LogP contribution in [0.15, 0.2) is 0 Å². The minimum Gasteiger partial charge on any atom is -0.379 e. The van der Waals surface area contributed by atoms with Crippen LogP contribution in [-0.2, 0) is 19.0 Å².